The van der Waals surface area contributed by atoms with Gasteiger partial charge in [0, 0.05) is 24.3 Å². The molecule has 25 heavy (non-hydrogen) atoms. The molecule has 2 amide bonds. The lowest BCUT2D eigenvalue weighted by atomic mass is 10.1. The van der Waals surface area contributed by atoms with Crippen molar-refractivity contribution in [2.45, 2.75) is 26.7 Å². The average molecular weight is 359 g/mol. The van der Waals surface area contributed by atoms with E-state index < -0.39 is 0 Å². The zero-order chi connectivity index (χ0) is 18.2. The summed E-state index contributed by atoms with van der Waals surface area (Å²) in [7, 11) is 0. The summed E-state index contributed by atoms with van der Waals surface area (Å²) >= 11 is 6.04. The Bertz CT molecular complexity index is 723. The van der Waals surface area contributed by atoms with Crippen LogP contribution in [0.1, 0.15) is 47.4 Å². The minimum Gasteiger partial charge on any atom is -0.339 e. The van der Waals surface area contributed by atoms with Crippen molar-refractivity contribution in [1.29, 1.82) is 0 Å². The molecular weight excluding hydrogens is 336 g/mol. The third-order valence-electron chi connectivity index (χ3n) is 3.78. The molecule has 0 fully saturated rings. The van der Waals surface area contributed by atoms with Crippen molar-refractivity contribution in [3.05, 3.63) is 64.7 Å². The monoisotopic (exact) mass is 358 g/mol. The molecule has 0 spiro atoms. The lowest BCUT2D eigenvalue weighted by Gasteiger charge is -2.21. The van der Waals surface area contributed by atoms with Gasteiger partial charge in [-0.3, -0.25) is 9.59 Å². The maximum absolute atomic E-state index is 12.5. The van der Waals surface area contributed by atoms with Gasteiger partial charge in [0.05, 0.1) is 10.6 Å². The van der Waals surface area contributed by atoms with Crippen molar-refractivity contribution in [3.8, 4) is 0 Å². The van der Waals surface area contributed by atoms with Crippen LogP contribution in [-0.4, -0.2) is 29.8 Å². The number of nitrogens with one attached hydrogen (secondary N) is 1. The molecule has 0 saturated carbocycles. The zero-order valence-corrected chi connectivity index (χ0v) is 15.3. The summed E-state index contributed by atoms with van der Waals surface area (Å²) in [5, 5.41) is 3.20. The molecule has 0 unspecified atom stereocenters. The Kier molecular flexibility index (Phi) is 7.02. The van der Waals surface area contributed by atoms with E-state index in [1.807, 2.05) is 4.90 Å². The Balaban J connectivity index is 2.08. The first-order valence-electron chi connectivity index (χ1n) is 8.52. The minimum atomic E-state index is -0.275. The van der Waals surface area contributed by atoms with Gasteiger partial charge in [0.25, 0.3) is 11.8 Å². The van der Waals surface area contributed by atoms with Crippen LogP contribution in [0.15, 0.2) is 48.5 Å². The molecule has 0 atom stereocenters. The molecule has 4 nitrogen and oxygen atoms in total. The highest BCUT2D eigenvalue weighted by Gasteiger charge is 2.15. The molecule has 0 aliphatic carbocycles. The third kappa shape index (κ3) is 5.07. The van der Waals surface area contributed by atoms with Gasteiger partial charge in [-0.15, -0.1) is 0 Å². The van der Waals surface area contributed by atoms with Crippen molar-refractivity contribution in [2.75, 3.05) is 18.4 Å². The predicted octanol–water partition coefficient (Wildman–Crippen LogP) is 4.85. The number of amides is 2. The van der Waals surface area contributed by atoms with E-state index in [1.165, 1.54) is 0 Å². The van der Waals surface area contributed by atoms with E-state index in [0.29, 0.717) is 21.8 Å². The first-order valence-corrected chi connectivity index (χ1v) is 8.89. The van der Waals surface area contributed by atoms with E-state index in [9.17, 15) is 9.59 Å². The highest BCUT2D eigenvalue weighted by molar-refractivity contribution is 6.34. The topological polar surface area (TPSA) is 49.4 Å². The number of carbonyl (C=O) groups excluding carboxylic acids is 2. The van der Waals surface area contributed by atoms with Crippen LogP contribution >= 0.6 is 11.6 Å². The van der Waals surface area contributed by atoms with Crippen molar-refractivity contribution < 1.29 is 9.59 Å². The van der Waals surface area contributed by atoms with E-state index in [-0.39, 0.29) is 11.8 Å². The highest BCUT2D eigenvalue weighted by Crippen LogP contribution is 2.18. The highest BCUT2D eigenvalue weighted by atomic mass is 35.5. The normalized spacial score (nSPS) is 10.4. The lowest BCUT2D eigenvalue weighted by molar-refractivity contribution is 0.0755. The molecule has 0 radical (unpaired) electrons. The summed E-state index contributed by atoms with van der Waals surface area (Å²) in [6.45, 7) is 5.61. The first-order chi connectivity index (χ1) is 12.1. The van der Waals surface area contributed by atoms with Crippen molar-refractivity contribution in [2.24, 2.45) is 0 Å². The van der Waals surface area contributed by atoms with Gasteiger partial charge in [-0.05, 0) is 49.2 Å². The molecular formula is C20H23ClN2O2. The number of carbonyl (C=O) groups is 2. The van der Waals surface area contributed by atoms with E-state index in [1.54, 1.807) is 48.5 Å². The minimum absolute atomic E-state index is 0.0210. The third-order valence-corrected chi connectivity index (χ3v) is 4.11. The number of halogens is 1. The summed E-state index contributed by atoms with van der Waals surface area (Å²) in [4.78, 5) is 26.7. The van der Waals surface area contributed by atoms with E-state index in [2.05, 4.69) is 19.2 Å². The smallest absolute Gasteiger partial charge is 0.257 e. The van der Waals surface area contributed by atoms with E-state index in [0.717, 1.165) is 25.9 Å². The van der Waals surface area contributed by atoms with Crippen molar-refractivity contribution >= 4 is 29.1 Å². The Hall–Kier alpha value is -2.33. The van der Waals surface area contributed by atoms with Gasteiger partial charge in [-0.1, -0.05) is 37.6 Å². The maximum atomic E-state index is 12.5. The van der Waals surface area contributed by atoms with Gasteiger partial charge < -0.3 is 10.2 Å². The zero-order valence-electron chi connectivity index (χ0n) is 14.6. The second kappa shape index (κ2) is 9.23. The second-order valence-electron chi connectivity index (χ2n) is 5.80. The number of hydrogen-bond acceptors (Lipinski definition) is 2. The molecule has 0 aromatic heterocycles. The number of anilines is 1. The van der Waals surface area contributed by atoms with E-state index in [4.69, 9.17) is 11.6 Å². The van der Waals surface area contributed by atoms with Crippen LogP contribution in [0, 0.1) is 0 Å². The predicted molar refractivity (Wildman–Crippen MR) is 102 cm³/mol. The van der Waals surface area contributed by atoms with Crippen LogP contribution in [0.4, 0.5) is 5.69 Å². The van der Waals surface area contributed by atoms with Gasteiger partial charge >= 0.3 is 0 Å². The van der Waals surface area contributed by atoms with Gasteiger partial charge in [-0.2, -0.15) is 0 Å². The molecule has 0 aliphatic rings. The fraction of sp³-hybridized carbons (Fsp3) is 0.300. The van der Waals surface area contributed by atoms with Crippen LogP contribution in [0.25, 0.3) is 0 Å². The molecule has 2 aromatic rings. The Labute approximate surface area is 153 Å². The summed E-state index contributed by atoms with van der Waals surface area (Å²) in [6.07, 6.45) is 1.86. The van der Waals surface area contributed by atoms with Gasteiger partial charge in [-0.25, -0.2) is 0 Å². The molecule has 0 aliphatic heterocycles. The molecule has 1 N–H and O–H groups in total. The Morgan fingerprint density at radius 1 is 0.960 bits per heavy atom. The first kappa shape index (κ1) is 19.0. The lowest BCUT2D eigenvalue weighted by Crippen LogP contribution is -2.32. The molecule has 0 saturated heterocycles. The number of hydrogen-bond donors (Lipinski definition) is 1. The van der Waals surface area contributed by atoms with Crippen LogP contribution in [-0.2, 0) is 0 Å². The summed E-state index contributed by atoms with van der Waals surface area (Å²) in [5.74, 6) is -0.254. The second-order valence-corrected chi connectivity index (χ2v) is 6.21. The summed E-state index contributed by atoms with van der Waals surface area (Å²) in [5.41, 5.74) is 1.66. The quantitative estimate of drug-likeness (QED) is 0.768. The molecule has 132 valence electrons. The van der Waals surface area contributed by atoms with Crippen LogP contribution in [0.3, 0.4) is 0 Å². The van der Waals surface area contributed by atoms with Crippen LogP contribution in [0.2, 0.25) is 5.02 Å². The SMILES string of the molecule is CCCN(CCC)C(=O)c1ccc(NC(=O)c2ccccc2Cl)cc1. The van der Waals surface area contributed by atoms with E-state index >= 15 is 0 Å². The largest absolute Gasteiger partial charge is 0.339 e. The Morgan fingerprint density at radius 3 is 2.12 bits per heavy atom. The maximum Gasteiger partial charge on any atom is 0.257 e. The number of benzene rings is 2. The van der Waals surface area contributed by atoms with Gasteiger partial charge in [0.1, 0.15) is 0 Å². The van der Waals surface area contributed by atoms with Gasteiger partial charge in [0.2, 0.25) is 0 Å². The van der Waals surface area contributed by atoms with Crippen LogP contribution in [0.5, 0.6) is 0 Å². The fourth-order valence-corrected chi connectivity index (χ4v) is 2.80. The molecule has 0 heterocycles. The standard InChI is InChI=1S/C20H23ClN2O2/c1-3-13-23(14-4-2)20(25)15-9-11-16(12-10-15)22-19(24)17-7-5-6-8-18(17)21/h5-12H,3-4,13-14H2,1-2H3,(H,22,24). The summed E-state index contributed by atoms with van der Waals surface area (Å²) in [6, 6.07) is 13.8. The Morgan fingerprint density at radius 2 is 1.56 bits per heavy atom. The molecule has 5 heteroatoms. The molecule has 2 rings (SSSR count). The number of rotatable bonds is 7. The molecule has 0 bridgehead atoms. The molecule has 2 aromatic carbocycles. The summed E-state index contributed by atoms with van der Waals surface area (Å²) < 4.78 is 0. The number of nitrogens with zero attached hydrogens (tertiary/aromatic N) is 1. The van der Waals surface area contributed by atoms with Crippen molar-refractivity contribution in [3.63, 3.8) is 0 Å². The van der Waals surface area contributed by atoms with Crippen molar-refractivity contribution in [1.82, 2.24) is 4.90 Å². The average Bonchev–Trinajstić information content (AvgIpc) is 2.62. The van der Waals surface area contributed by atoms with Gasteiger partial charge in [0.15, 0.2) is 0 Å². The fourth-order valence-electron chi connectivity index (χ4n) is 2.58. The van der Waals surface area contributed by atoms with Crippen LogP contribution < -0.4 is 5.32 Å².